The van der Waals surface area contributed by atoms with Crippen LogP contribution < -0.4 is 0 Å². The molecule has 0 amide bonds. The summed E-state index contributed by atoms with van der Waals surface area (Å²) in [7, 11) is 0. The van der Waals surface area contributed by atoms with Gasteiger partial charge in [-0.15, -0.1) is 16.4 Å². The van der Waals surface area contributed by atoms with Crippen LogP contribution in [0.2, 0.25) is 0 Å². The summed E-state index contributed by atoms with van der Waals surface area (Å²) in [6.07, 6.45) is 0. The van der Waals surface area contributed by atoms with E-state index in [4.69, 9.17) is 5.11 Å². The molecule has 0 atom stereocenters. The van der Waals surface area contributed by atoms with Crippen LogP contribution >= 0.6 is 23.1 Å². The Labute approximate surface area is 166 Å². The maximum atomic E-state index is 11.2. The van der Waals surface area contributed by atoms with Crippen molar-refractivity contribution in [2.24, 2.45) is 0 Å². The lowest BCUT2D eigenvalue weighted by Gasteiger charge is -2.07. The molecule has 0 aliphatic heterocycles. The van der Waals surface area contributed by atoms with Crippen LogP contribution in [0.4, 0.5) is 0 Å². The van der Waals surface area contributed by atoms with Crippen molar-refractivity contribution >= 4 is 50.1 Å². The molecular weight excluding hydrogens is 394 g/mol. The standard InChI is InChI=1S/C19H11N5O2S2/c25-17(26)12-8-9-14-16(10-12)27-19(20-14)28-18-21-22-23-24(18)15-7-3-5-11-4-1-2-6-13(11)15/h1-10H,(H,25,26). The summed E-state index contributed by atoms with van der Waals surface area (Å²) in [5.41, 5.74) is 1.88. The number of nitrogens with zero attached hydrogens (tertiary/aromatic N) is 5. The van der Waals surface area contributed by atoms with Gasteiger partial charge in [-0.05, 0) is 51.8 Å². The normalized spacial score (nSPS) is 11.3. The average Bonchev–Trinajstić information content (AvgIpc) is 3.33. The Morgan fingerprint density at radius 2 is 1.93 bits per heavy atom. The Kier molecular flexibility index (Phi) is 4.03. The maximum Gasteiger partial charge on any atom is 0.335 e. The highest BCUT2D eigenvalue weighted by Gasteiger charge is 2.15. The van der Waals surface area contributed by atoms with E-state index in [9.17, 15) is 4.79 Å². The van der Waals surface area contributed by atoms with E-state index in [1.165, 1.54) is 23.1 Å². The summed E-state index contributed by atoms with van der Waals surface area (Å²) in [6, 6.07) is 18.9. The number of aromatic carboxylic acids is 1. The molecule has 9 heteroatoms. The molecule has 0 aliphatic carbocycles. The Morgan fingerprint density at radius 3 is 2.82 bits per heavy atom. The Balaban J connectivity index is 1.55. The number of aromatic nitrogens is 5. The molecule has 0 radical (unpaired) electrons. The monoisotopic (exact) mass is 405 g/mol. The van der Waals surface area contributed by atoms with Gasteiger partial charge in [-0.2, -0.15) is 4.68 Å². The van der Waals surface area contributed by atoms with Crippen LogP contribution in [0, 0.1) is 0 Å². The van der Waals surface area contributed by atoms with Gasteiger partial charge >= 0.3 is 5.97 Å². The van der Waals surface area contributed by atoms with Crippen molar-refractivity contribution in [3.05, 3.63) is 66.2 Å². The molecule has 5 rings (SSSR count). The molecule has 0 bridgehead atoms. The molecule has 28 heavy (non-hydrogen) atoms. The minimum absolute atomic E-state index is 0.244. The highest BCUT2D eigenvalue weighted by atomic mass is 32.2. The van der Waals surface area contributed by atoms with E-state index in [1.807, 2.05) is 42.5 Å². The first-order valence-electron chi connectivity index (χ1n) is 8.27. The Hall–Kier alpha value is -3.30. The zero-order valence-corrected chi connectivity index (χ0v) is 15.8. The zero-order valence-electron chi connectivity index (χ0n) is 14.2. The molecule has 0 saturated carbocycles. The largest absolute Gasteiger partial charge is 0.478 e. The van der Waals surface area contributed by atoms with Crippen molar-refractivity contribution in [1.29, 1.82) is 0 Å². The molecule has 5 aromatic rings. The van der Waals surface area contributed by atoms with Crippen molar-refractivity contribution in [2.75, 3.05) is 0 Å². The predicted molar refractivity (Wildman–Crippen MR) is 107 cm³/mol. The van der Waals surface area contributed by atoms with Gasteiger partial charge in [-0.25, -0.2) is 9.78 Å². The molecule has 0 aliphatic rings. The number of fused-ring (bicyclic) bond motifs is 2. The second-order valence-corrected chi connectivity index (χ2v) is 8.19. The fourth-order valence-electron chi connectivity index (χ4n) is 2.95. The van der Waals surface area contributed by atoms with Crippen LogP contribution in [0.25, 0.3) is 26.7 Å². The fourth-order valence-corrected chi connectivity index (χ4v) is 4.94. The zero-order chi connectivity index (χ0) is 19.1. The van der Waals surface area contributed by atoms with E-state index in [0.717, 1.165) is 31.0 Å². The summed E-state index contributed by atoms with van der Waals surface area (Å²) < 4.78 is 3.25. The molecule has 1 N–H and O–H groups in total. The Morgan fingerprint density at radius 1 is 1.07 bits per heavy atom. The van der Waals surface area contributed by atoms with Crippen molar-refractivity contribution < 1.29 is 9.90 Å². The summed E-state index contributed by atoms with van der Waals surface area (Å²) in [6.45, 7) is 0. The summed E-state index contributed by atoms with van der Waals surface area (Å²) in [5.74, 6) is -0.954. The first-order chi connectivity index (χ1) is 13.7. The maximum absolute atomic E-state index is 11.2. The van der Waals surface area contributed by atoms with E-state index >= 15 is 0 Å². The van der Waals surface area contributed by atoms with Crippen LogP contribution in [-0.2, 0) is 0 Å². The van der Waals surface area contributed by atoms with Gasteiger partial charge in [0.2, 0.25) is 5.16 Å². The quantitative estimate of drug-likeness (QED) is 0.477. The number of tetrazole rings is 1. The van der Waals surface area contributed by atoms with Crippen LogP contribution in [0.5, 0.6) is 0 Å². The first-order valence-corrected chi connectivity index (χ1v) is 9.90. The number of thiazole rings is 1. The van der Waals surface area contributed by atoms with Crippen molar-refractivity contribution in [3.63, 3.8) is 0 Å². The van der Waals surface area contributed by atoms with E-state index in [2.05, 4.69) is 20.5 Å². The summed E-state index contributed by atoms with van der Waals surface area (Å²) in [5, 5.41) is 24.0. The van der Waals surface area contributed by atoms with Gasteiger partial charge < -0.3 is 5.11 Å². The number of carboxylic acids is 1. The molecule has 2 aromatic heterocycles. The molecule has 0 fully saturated rings. The number of carboxylic acid groups (broad SMARTS) is 1. The van der Waals surface area contributed by atoms with Gasteiger partial charge in [-0.1, -0.05) is 36.4 Å². The molecule has 0 spiro atoms. The lowest BCUT2D eigenvalue weighted by molar-refractivity contribution is 0.0697. The van der Waals surface area contributed by atoms with Gasteiger partial charge in [0, 0.05) is 5.39 Å². The van der Waals surface area contributed by atoms with Gasteiger partial charge in [0.05, 0.1) is 21.5 Å². The second-order valence-electron chi connectivity index (χ2n) is 5.94. The van der Waals surface area contributed by atoms with Crippen molar-refractivity contribution in [2.45, 2.75) is 9.50 Å². The topological polar surface area (TPSA) is 93.8 Å². The smallest absolute Gasteiger partial charge is 0.335 e. The third-order valence-electron chi connectivity index (χ3n) is 4.23. The van der Waals surface area contributed by atoms with Crippen LogP contribution in [0.3, 0.4) is 0 Å². The molecule has 7 nitrogen and oxygen atoms in total. The number of carbonyl (C=O) groups is 1. The number of hydrogen-bond acceptors (Lipinski definition) is 7. The minimum Gasteiger partial charge on any atom is -0.478 e. The minimum atomic E-state index is -0.954. The lowest BCUT2D eigenvalue weighted by atomic mass is 10.1. The first kappa shape index (κ1) is 16.8. The average molecular weight is 405 g/mol. The van der Waals surface area contributed by atoms with Crippen LogP contribution in [0.15, 0.2) is 70.2 Å². The van der Waals surface area contributed by atoms with E-state index in [0.29, 0.717) is 5.16 Å². The molecule has 2 heterocycles. The second kappa shape index (κ2) is 6.70. The van der Waals surface area contributed by atoms with Crippen LogP contribution in [-0.4, -0.2) is 36.3 Å². The number of hydrogen-bond donors (Lipinski definition) is 1. The van der Waals surface area contributed by atoms with Gasteiger partial charge in [0.15, 0.2) is 4.34 Å². The van der Waals surface area contributed by atoms with E-state index < -0.39 is 5.97 Å². The molecule has 0 unspecified atom stereocenters. The highest BCUT2D eigenvalue weighted by molar-refractivity contribution is 8.01. The summed E-state index contributed by atoms with van der Waals surface area (Å²) >= 11 is 2.77. The lowest BCUT2D eigenvalue weighted by Crippen LogP contribution is -1.99. The predicted octanol–water partition coefficient (Wildman–Crippen LogP) is 4.27. The van der Waals surface area contributed by atoms with Gasteiger partial charge in [0.1, 0.15) is 0 Å². The third-order valence-corrected chi connectivity index (χ3v) is 6.25. The van der Waals surface area contributed by atoms with Crippen molar-refractivity contribution in [1.82, 2.24) is 25.2 Å². The van der Waals surface area contributed by atoms with E-state index in [-0.39, 0.29) is 5.56 Å². The van der Waals surface area contributed by atoms with Crippen molar-refractivity contribution in [3.8, 4) is 5.69 Å². The summed E-state index contributed by atoms with van der Waals surface area (Å²) in [4.78, 5) is 15.7. The number of rotatable bonds is 4. The van der Waals surface area contributed by atoms with E-state index in [1.54, 1.807) is 22.9 Å². The molecule has 136 valence electrons. The molecule has 3 aromatic carbocycles. The number of benzene rings is 3. The SMILES string of the molecule is O=C(O)c1ccc2nc(Sc3nnnn3-c3cccc4ccccc34)sc2c1. The van der Waals surface area contributed by atoms with Crippen LogP contribution in [0.1, 0.15) is 10.4 Å². The molecular formula is C19H11N5O2S2. The highest BCUT2D eigenvalue weighted by Crippen LogP contribution is 2.35. The molecule has 0 saturated heterocycles. The fraction of sp³-hybridized carbons (Fsp3) is 0. The van der Waals surface area contributed by atoms with Gasteiger partial charge in [-0.3, -0.25) is 0 Å². The van der Waals surface area contributed by atoms with Gasteiger partial charge in [0.25, 0.3) is 0 Å². The third kappa shape index (κ3) is 2.90. The Bertz CT molecular complexity index is 1340.